The van der Waals surface area contributed by atoms with Crippen molar-refractivity contribution in [1.29, 1.82) is 5.26 Å². The van der Waals surface area contributed by atoms with Crippen molar-refractivity contribution in [3.63, 3.8) is 0 Å². The van der Waals surface area contributed by atoms with Crippen molar-refractivity contribution >= 4 is 11.8 Å². The summed E-state index contributed by atoms with van der Waals surface area (Å²) in [6, 6.07) is 10.9. The summed E-state index contributed by atoms with van der Waals surface area (Å²) in [6.07, 6.45) is 0.000622. The lowest BCUT2D eigenvalue weighted by Crippen LogP contribution is -2.27. The first-order valence-electron chi connectivity index (χ1n) is 5.20. The third-order valence-corrected chi connectivity index (χ3v) is 2.41. The molecule has 1 atom stereocenters. The summed E-state index contributed by atoms with van der Waals surface area (Å²) in [5.74, 6) is -1.88. The molecule has 0 saturated carbocycles. The molecule has 0 fully saturated rings. The Morgan fingerprint density at radius 3 is 2.53 bits per heavy atom. The number of hydrogen-bond acceptors (Lipinski definition) is 4. The summed E-state index contributed by atoms with van der Waals surface area (Å²) in [5, 5.41) is 8.48. The van der Waals surface area contributed by atoms with Gasteiger partial charge in [0.1, 0.15) is 5.92 Å². The van der Waals surface area contributed by atoms with Gasteiger partial charge in [0.05, 0.1) is 19.6 Å². The van der Waals surface area contributed by atoms with Crippen LogP contribution in [0.1, 0.15) is 12.0 Å². The molecule has 88 valence electrons. The van der Waals surface area contributed by atoms with E-state index in [4.69, 9.17) is 5.26 Å². The van der Waals surface area contributed by atoms with Gasteiger partial charge in [-0.25, -0.2) is 0 Å². The molecule has 1 aromatic carbocycles. The number of carbonyl (C=O) groups is 2. The minimum absolute atomic E-state index is 0.271. The van der Waals surface area contributed by atoms with E-state index < -0.39 is 17.7 Å². The van der Waals surface area contributed by atoms with Crippen molar-refractivity contribution in [1.82, 2.24) is 0 Å². The second-order valence-corrected chi connectivity index (χ2v) is 3.57. The van der Waals surface area contributed by atoms with Gasteiger partial charge in [-0.2, -0.15) is 5.26 Å². The fourth-order valence-electron chi connectivity index (χ4n) is 1.52. The van der Waals surface area contributed by atoms with Gasteiger partial charge in [0.15, 0.2) is 5.78 Å². The van der Waals surface area contributed by atoms with E-state index in [9.17, 15) is 9.59 Å². The molecule has 17 heavy (non-hydrogen) atoms. The molecule has 0 aromatic heterocycles. The van der Waals surface area contributed by atoms with Crippen LogP contribution < -0.4 is 0 Å². The normalized spacial score (nSPS) is 11.3. The summed E-state index contributed by atoms with van der Waals surface area (Å²) in [7, 11) is 1.24. The molecule has 0 radical (unpaired) electrons. The van der Waals surface area contributed by atoms with Crippen LogP contribution in [0, 0.1) is 17.2 Å². The lowest BCUT2D eigenvalue weighted by molar-refractivity contribution is -0.149. The van der Waals surface area contributed by atoms with Gasteiger partial charge in [-0.3, -0.25) is 9.59 Å². The highest BCUT2D eigenvalue weighted by Gasteiger charge is 2.27. The van der Waals surface area contributed by atoms with Gasteiger partial charge in [0.25, 0.3) is 0 Å². The zero-order valence-electron chi connectivity index (χ0n) is 9.55. The minimum Gasteiger partial charge on any atom is -0.468 e. The van der Waals surface area contributed by atoms with E-state index in [1.165, 1.54) is 7.11 Å². The summed E-state index contributed by atoms with van der Waals surface area (Å²) >= 11 is 0. The number of benzene rings is 1. The molecule has 4 heteroatoms. The van der Waals surface area contributed by atoms with E-state index in [2.05, 4.69) is 4.74 Å². The highest BCUT2D eigenvalue weighted by Crippen LogP contribution is 2.13. The monoisotopic (exact) mass is 231 g/mol. The Morgan fingerprint density at radius 2 is 2.00 bits per heavy atom. The first-order chi connectivity index (χ1) is 8.19. The number of rotatable bonds is 5. The smallest absolute Gasteiger partial charge is 0.316 e. The van der Waals surface area contributed by atoms with Crippen LogP contribution in [0.15, 0.2) is 30.3 Å². The Balaban J connectivity index is 2.82. The fourth-order valence-corrected chi connectivity index (χ4v) is 1.52. The van der Waals surface area contributed by atoms with Crippen LogP contribution >= 0.6 is 0 Å². The number of nitriles is 1. The van der Waals surface area contributed by atoms with Gasteiger partial charge in [-0.1, -0.05) is 30.3 Å². The predicted octanol–water partition coefficient (Wildman–Crippen LogP) is 1.50. The Hall–Kier alpha value is -2.15. The third-order valence-electron chi connectivity index (χ3n) is 2.41. The van der Waals surface area contributed by atoms with Crippen molar-refractivity contribution in [2.75, 3.05) is 7.11 Å². The maximum absolute atomic E-state index is 11.6. The molecule has 0 unspecified atom stereocenters. The SMILES string of the molecule is COC(=O)[C@H](Cc1ccccc1)C(=O)CC#N. The Kier molecular flexibility index (Phi) is 4.89. The topological polar surface area (TPSA) is 67.2 Å². The van der Waals surface area contributed by atoms with Gasteiger partial charge >= 0.3 is 5.97 Å². The second kappa shape index (κ2) is 6.44. The van der Waals surface area contributed by atoms with Crippen LogP contribution in [0.4, 0.5) is 0 Å². The standard InChI is InChI=1S/C13H13NO3/c1-17-13(16)11(12(15)7-8-14)9-10-5-3-2-4-6-10/h2-6,11H,7,9H2,1H3/t11-/m1/s1. The van der Waals surface area contributed by atoms with Crippen molar-refractivity contribution in [2.45, 2.75) is 12.8 Å². The van der Waals surface area contributed by atoms with Crippen molar-refractivity contribution in [2.24, 2.45) is 5.92 Å². The zero-order valence-corrected chi connectivity index (χ0v) is 9.55. The van der Waals surface area contributed by atoms with E-state index in [1.54, 1.807) is 6.07 Å². The lowest BCUT2D eigenvalue weighted by atomic mass is 9.94. The van der Waals surface area contributed by atoms with E-state index in [0.29, 0.717) is 0 Å². The molecule has 0 heterocycles. The summed E-state index contributed by atoms with van der Waals surface area (Å²) in [5.41, 5.74) is 0.870. The van der Waals surface area contributed by atoms with Crippen LogP contribution in [0.5, 0.6) is 0 Å². The van der Waals surface area contributed by atoms with Crippen LogP contribution in [0.3, 0.4) is 0 Å². The average molecular weight is 231 g/mol. The van der Waals surface area contributed by atoms with Crippen LogP contribution in [-0.4, -0.2) is 18.9 Å². The number of carbonyl (C=O) groups excluding carboxylic acids is 2. The second-order valence-electron chi connectivity index (χ2n) is 3.57. The average Bonchev–Trinajstić information content (AvgIpc) is 2.36. The summed E-state index contributed by atoms with van der Waals surface area (Å²) in [6.45, 7) is 0. The first-order valence-corrected chi connectivity index (χ1v) is 5.20. The molecular formula is C13H13NO3. The summed E-state index contributed by atoms with van der Waals surface area (Å²) in [4.78, 5) is 23.1. The number of hydrogen-bond donors (Lipinski definition) is 0. The van der Waals surface area contributed by atoms with Gasteiger partial charge < -0.3 is 4.74 Å². The molecule has 0 aliphatic carbocycles. The van der Waals surface area contributed by atoms with E-state index >= 15 is 0 Å². The Morgan fingerprint density at radius 1 is 1.35 bits per heavy atom. The quantitative estimate of drug-likeness (QED) is 0.569. The zero-order chi connectivity index (χ0) is 12.7. The van der Waals surface area contributed by atoms with Gasteiger partial charge in [-0.15, -0.1) is 0 Å². The molecule has 0 aliphatic heterocycles. The highest BCUT2D eigenvalue weighted by atomic mass is 16.5. The lowest BCUT2D eigenvalue weighted by Gasteiger charge is -2.11. The maximum atomic E-state index is 11.6. The number of esters is 1. The van der Waals surface area contributed by atoms with E-state index in [-0.39, 0.29) is 12.8 Å². The molecular weight excluding hydrogens is 218 g/mol. The molecule has 1 aromatic rings. The van der Waals surface area contributed by atoms with E-state index in [0.717, 1.165) is 5.56 Å². The van der Waals surface area contributed by atoms with Crippen LogP contribution in [0.2, 0.25) is 0 Å². The number of ether oxygens (including phenoxy) is 1. The predicted molar refractivity (Wildman–Crippen MR) is 60.9 cm³/mol. The number of methoxy groups -OCH3 is 1. The minimum atomic E-state index is -0.887. The number of ketones is 1. The van der Waals surface area contributed by atoms with Crippen LogP contribution in [0.25, 0.3) is 0 Å². The largest absolute Gasteiger partial charge is 0.468 e. The van der Waals surface area contributed by atoms with Crippen LogP contribution in [-0.2, 0) is 20.7 Å². The summed E-state index contributed by atoms with van der Waals surface area (Å²) < 4.78 is 4.58. The highest BCUT2D eigenvalue weighted by molar-refractivity contribution is 6.00. The molecule has 0 aliphatic rings. The molecule has 0 saturated heterocycles. The molecule has 0 spiro atoms. The van der Waals surface area contributed by atoms with Gasteiger partial charge in [0.2, 0.25) is 0 Å². The number of Topliss-reactive ketones (excluding diaryl/α,β-unsaturated/α-hetero) is 1. The molecule has 0 N–H and O–H groups in total. The fraction of sp³-hybridized carbons (Fsp3) is 0.308. The molecule has 1 rings (SSSR count). The Bertz CT molecular complexity index is 434. The molecule has 0 amide bonds. The first kappa shape index (κ1) is 12.9. The number of nitrogens with zero attached hydrogens (tertiary/aromatic N) is 1. The Labute approximate surface area is 99.8 Å². The maximum Gasteiger partial charge on any atom is 0.316 e. The van der Waals surface area contributed by atoms with Crippen molar-refractivity contribution in [3.05, 3.63) is 35.9 Å². The third kappa shape index (κ3) is 3.72. The van der Waals surface area contributed by atoms with Crippen molar-refractivity contribution < 1.29 is 14.3 Å². The van der Waals surface area contributed by atoms with Gasteiger partial charge in [0, 0.05) is 0 Å². The van der Waals surface area contributed by atoms with Crippen molar-refractivity contribution in [3.8, 4) is 6.07 Å². The van der Waals surface area contributed by atoms with E-state index in [1.807, 2.05) is 30.3 Å². The van der Waals surface area contributed by atoms with Gasteiger partial charge in [-0.05, 0) is 12.0 Å². The molecule has 0 bridgehead atoms. The molecule has 4 nitrogen and oxygen atoms in total.